The van der Waals surface area contributed by atoms with Crippen LogP contribution in [-0.4, -0.2) is 30.7 Å². The van der Waals surface area contributed by atoms with E-state index in [1.165, 1.54) is 0 Å². The predicted octanol–water partition coefficient (Wildman–Crippen LogP) is 1.09. The molecule has 1 fully saturated rings. The average molecular weight is 143 g/mol. The third kappa shape index (κ3) is 1.08. The second kappa shape index (κ2) is 2.48. The monoisotopic (exact) mass is 143 g/mol. The molecule has 0 saturated carbocycles. The largest absolute Gasteiger partial charge is 0.447 e. The van der Waals surface area contributed by atoms with Gasteiger partial charge in [-0.1, -0.05) is 13.8 Å². The Labute approximate surface area is 61.0 Å². The van der Waals surface area contributed by atoms with Crippen LogP contribution in [0.15, 0.2) is 0 Å². The molecule has 1 atom stereocenters. The number of amides is 1. The van der Waals surface area contributed by atoms with Crippen molar-refractivity contribution in [1.82, 2.24) is 4.90 Å². The van der Waals surface area contributed by atoms with Gasteiger partial charge < -0.3 is 9.64 Å². The molecule has 1 aliphatic heterocycles. The summed E-state index contributed by atoms with van der Waals surface area (Å²) < 4.78 is 4.83. The standard InChI is InChI=1S/C7H13NO2/c1-5(2)6-4-10-7(9)8(6)3/h5-6H,4H2,1-3H3/t6-/m1/s1. The Morgan fingerprint density at radius 2 is 2.30 bits per heavy atom. The summed E-state index contributed by atoms with van der Waals surface area (Å²) in [5, 5.41) is 0. The smallest absolute Gasteiger partial charge is 0.409 e. The summed E-state index contributed by atoms with van der Waals surface area (Å²) in [6, 6.07) is 0.271. The minimum atomic E-state index is -0.196. The van der Waals surface area contributed by atoms with Gasteiger partial charge in [0.25, 0.3) is 0 Å². The molecule has 0 radical (unpaired) electrons. The van der Waals surface area contributed by atoms with E-state index < -0.39 is 0 Å². The molecule has 0 unspecified atom stereocenters. The van der Waals surface area contributed by atoms with Gasteiger partial charge in [-0.15, -0.1) is 0 Å². The fourth-order valence-electron chi connectivity index (χ4n) is 1.15. The Hall–Kier alpha value is -0.730. The van der Waals surface area contributed by atoms with Crippen LogP contribution >= 0.6 is 0 Å². The molecule has 1 rings (SSSR count). The first-order valence-corrected chi connectivity index (χ1v) is 3.52. The summed E-state index contributed by atoms with van der Waals surface area (Å²) in [5.74, 6) is 0.483. The molecule has 0 bridgehead atoms. The van der Waals surface area contributed by atoms with E-state index >= 15 is 0 Å². The molecule has 10 heavy (non-hydrogen) atoms. The van der Waals surface area contributed by atoms with Crippen molar-refractivity contribution in [2.75, 3.05) is 13.7 Å². The number of nitrogens with zero attached hydrogens (tertiary/aromatic N) is 1. The van der Waals surface area contributed by atoms with Crippen LogP contribution in [0.1, 0.15) is 13.8 Å². The van der Waals surface area contributed by atoms with Crippen molar-refractivity contribution in [2.45, 2.75) is 19.9 Å². The number of hydrogen-bond donors (Lipinski definition) is 0. The molecule has 1 saturated heterocycles. The summed E-state index contributed by atoms with van der Waals surface area (Å²) in [5.41, 5.74) is 0. The highest BCUT2D eigenvalue weighted by atomic mass is 16.6. The van der Waals surface area contributed by atoms with Crippen molar-refractivity contribution in [3.8, 4) is 0 Å². The number of hydrogen-bond acceptors (Lipinski definition) is 2. The summed E-state index contributed by atoms with van der Waals surface area (Å²) >= 11 is 0. The van der Waals surface area contributed by atoms with Crippen LogP contribution in [0, 0.1) is 5.92 Å². The second-order valence-electron chi connectivity index (χ2n) is 3.00. The summed E-state index contributed by atoms with van der Waals surface area (Å²) in [6.07, 6.45) is -0.196. The summed E-state index contributed by atoms with van der Waals surface area (Å²) in [7, 11) is 1.78. The maximum Gasteiger partial charge on any atom is 0.409 e. The van der Waals surface area contributed by atoms with Crippen LogP contribution in [-0.2, 0) is 4.74 Å². The number of rotatable bonds is 1. The van der Waals surface area contributed by atoms with Gasteiger partial charge in [-0.25, -0.2) is 4.79 Å². The molecule has 0 aromatic rings. The SMILES string of the molecule is CC(C)[C@H]1COC(=O)N1C. The minimum Gasteiger partial charge on any atom is -0.447 e. The first kappa shape index (κ1) is 7.38. The molecule has 1 aliphatic rings. The number of likely N-dealkylation sites (N-methyl/N-ethyl adjacent to an activating group) is 1. The second-order valence-corrected chi connectivity index (χ2v) is 3.00. The van der Waals surface area contributed by atoms with E-state index in [2.05, 4.69) is 13.8 Å². The van der Waals surface area contributed by atoms with Crippen LogP contribution in [0.3, 0.4) is 0 Å². The highest BCUT2D eigenvalue weighted by Gasteiger charge is 2.31. The third-order valence-electron chi connectivity index (χ3n) is 1.93. The van der Waals surface area contributed by atoms with Crippen molar-refractivity contribution in [3.63, 3.8) is 0 Å². The molecule has 3 nitrogen and oxygen atoms in total. The van der Waals surface area contributed by atoms with Crippen LogP contribution in [0.5, 0.6) is 0 Å². The summed E-state index contributed by atoms with van der Waals surface area (Å²) in [6.45, 7) is 4.72. The normalized spacial score (nSPS) is 25.8. The van der Waals surface area contributed by atoms with E-state index in [1.54, 1.807) is 11.9 Å². The number of cyclic esters (lactones) is 1. The van der Waals surface area contributed by atoms with Gasteiger partial charge in [-0.2, -0.15) is 0 Å². The van der Waals surface area contributed by atoms with Crippen LogP contribution in [0.2, 0.25) is 0 Å². The first-order chi connectivity index (χ1) is 4.63. The van der Waals surface area contributed by atoms with E-state index in [-0.39, 0.29) is 12.1 Å². The zero-order chi connectivity index (χ0) is 7.72. The molecular formula is C7H13NO2. The molecule has 0 aliphatic carbocycles. The Morgan fingerprint density at radius 1 is 1.70 bits per heavy atom. The molecule has 58 valence electrons. The Morgan fingerprint density at radius 3 is 2.50 bits per heavy atom. The topological polar surface area (TPSA) is 29.5 Å². The fraction of sp³-hybridized carbons (Fsp3) is 0.857. The lowest BCUT2D eigenvalue weighted by Gasteiger charge is -2.18. The Kier molecular flexibility index (Phi) is 1.83. The highest BCUT2D eigenvalue weighted by molar-refractivity contribution is 5.69. The van der Waals surface area contributed by atoms with Gasteiger partial charge in [0, 0.05) is 7.05 Å². The lowest BCUT2D eigenvalue weighted by Crippen LogP contribution is -2.33. The Balaban J connectivity index is 2.57. The highest BCUT2D eigenvalue weighted by Crippen LogP contribution is 2.16. The van der Waals surface area contributed by atoms with Gasteiger partial charge in [-0.05, 0) is 5.92 Å². The molecule has 0 aromatic heterocycles. The van der Waals surface area contributed by atoms with Gasteiger partial charge in [0.05, 0.1) is 6.04 Å². The van der Waals surface area contributed by atoms with E-state index in [1.807, 2.05) is 0 Å². The number of carbonyl (C=O) groups is 1. The maximum atomic E-state index is 10.8. The maximum absolute atomic E-state index is 10.8. The molecule has 0 aromatic carbocycles. The van der Waals surface area contributed by atoms with Gasteiger partial charge in [-0.3, -0.25) is 0 Å². The minimum absolute atomic E-state index is 0.196. The molecule has 0 N–H and O–H groups in total. The average Bonchev–Trinajstić information content (AvgIpc) is 2.14. The van der Waals surface area contributed by atoms with Crippen molar-refractivity contribution in [1.29, 1.82) is 0 Å². The van der Waals surface area contributed by atoms with E-state index in [9.17, 15) is 4.79 Å². The van der Waals surface area contributed by atoms with Gasteiger partial charge in [0.2, 0.25) is 0 Å². The molecule has 1 amide bonds. The summed E-state index contributed by atoms with van der Waals surface area (Å²) in [4.78, 5) is 12.5. The van der Waals surface area contributed by atoms with Crippen LogP contribution in [0.25, 0.3) is 0 Å². The number of carbonyl (C=O) groups excluding carboxylic acids is 1. The molecule has 1 heterocycles. The fourth-order valence-corrected chi connectivity index (χ4v) is 1.15. The first-order valence-electron chi connectivity index (χ1n) is 3.52. The van der Waals surface area contributed by atoms with E-state index in [0.29, 0.717) is 12.5 Å². The van der Waals surface area contributed by atoms with Crippen molar-refractivity contribution < 1.29 is 9.53 Å². The third-order valence-corrected chi connectivity index (χ3v) is 1.93. The van der Waals surface area contributed by atoms with Gasteiger partial charge >= 0.3 is 6.09 Å². The van der Waals surface area contributed by atoms with Gasteiger partial charge in [0.15, 0.2) is 0 Å². The lowest BCUT2D eigenvalue weighted by molar-refractivity contribution is 0.163. The number of ether oxygens (including phenoxy) is 1. The zero-order valence-electron chi connectivity index (χ0n) is 6.63. The molecule has 0 spiro atoms. The van der Waals surface area contributed by atoms with E-state index in [0.717, 1.165) is 0 Å². The molecule has 3 heteroatoms. The van der Waals surface area contributed by atoms with Crippen LogP contribution in [0.4, 0.5) is 4.79 Å². The van der Waals surface area contributed by atoms with Crippen molar-refractivity contribution >= 4 is 6.09 Å². The van der Waals surface area contributed by atoms with E-state index in [4.69, 9.17) is 4.74 Å². The van der Waals surface area contributed by atoms with Crippen LogP contribution < -0.4 is 0 Å². The lowest BCUT2D eigenvalue weighted by atomic mass is 10.1. The van der Waals surface area contributed by atoms with Crippen molar-refractivity contribution in [2.24, 2.45) is 5.92 Å². The van der Waals surface area contributed by atoms with Crippen molar-refractivity contribution in [3.05, 3.63) is 0 Å². The predicted molar refractivity (Wildman–Crippen MR) is 37.7 cm³/mol. The quantitative estimate of drug-likeness (QED) is 0.550. The van der Waals surface area contributed by atoms with Gasteiger partial charge in [0.1, 0.15) is 6.61 Å². The molecular weight excluding hydrogens is 130 g/mol. The Bertz CT molecular complexity index is 145. The zero-order valence-corrected chi connectivity index (χ0v) is 6.63.